The van der Waals surface area contributed by atoms with Crippen LogP contribution in [-0.2, 0) is 10.2 Å². The summed E-state index contributed by atoms with van der Waals surface area (Å²) in [5.41, 5.74) is 5.87. The lowest BCUT2D eigenvalue weighted by atomic mass is 9.71. The number of hydrogen-bond donors (Lipinski definition) is 1. The van der Waals surface area contributed by atoms with Crippen molar-refractivity contribution in [2.24, 2.45) is 0 Å². The molecule has 0 atom stereocenters. The number of halogens is 1. The number of fused-ring (bicyclic) bond motifs is 5. The smallest absolute Gasteiger partial charge is 0.142 e. The Morgan fingerprint density at radius 2 is 1.60 bits per heavy atom. The third-order valence-corrected chi connectivity index (χ3v) is 9.46. The molecule has 0 aromatic heterocycles. The molecule has 40 heavy (non-hydrogen) atoms. The van der Waals surface area contributed by atoms with Gasteiger partial charge >= 0.3 is 0 Å². The van der Waals surface area contributed by atoms with Crippen molar-refractivity contribution in [3.8, 4) is 22.6 Å². The highest BCUT2D eigenvalue weighted by molar-refractivity contribution is 7.99. The number of ether oxygens (including phenoxy) is 2. The maximum atomic E-state index is 13.5. The van der Waals surface area contributed by atoms with Crippen LogP contribution in [0.15, 0.2) is 70.5 Å². The van der Waals surface area contributed by atoms with Gasteiger partial charge in [-0.1, -0.05) is 44.5 Å². The number of morpholine rings is 1. The maximum absolute atomic E-state index is 13.5. The number of aromatic hydroxyl groups is 1. The number of methoxy groups -OCH3 is 1. The van der Waals surface area contributed by atoms with E-state index in [-0.39, 0.29) is 11.2 Å². The molecule has 208 valence electrons. The molecule has 1 heterocycles. The van der Waals surface area contributed by atoms with Crippen LogP contribution in [0.1, 0.15) is 50.7 Å². The van der Waals surface area contributed by atoms with E-state index < -0.39 is 0 Å². The summed E-state index contributed by atoms with van der Waals surface area (Å²) < 4.78 is 25.0. The van der Waals surface area contributed by atoms with Crippen molar-refractivity contribution >= 4 is 28.2 Å². The Labute approximate surface area is 240 Å². The Morgan fingerprint density at radius 3 is 2.27 bits per heavy atom. The van der Waals surface area contributed by atoms with Crippen LogP contribution in [-0.4, -0.2) is 38.5 Å². The molecule has 6 rings (SSSR count). The molecule has 0 unspecified atom stereocenters. The quantitative estimate of drug-likeness (QED) is 0.235. The summed E-state index contributed by atoms with van der Waals surface area (Å²) in [4.78, 5) is 4.47. The molecular formula is C34H36FNO3S. The Bertz CT molecular complexity index is 1540. The molecule has 4 aromatic rings. The van der Waals surface area contributed by atoms with E-state index in [4.69, 9.17) is 9.47 Å². The van der Waals surface area contributed by atoms with E-state index in [2.05, 4.69) is 43.0 Å². The van der Waals surface area contributed by atoms with Crippen LogP contribution in [0.3, 0.4) is 0 Å². The fraction of sp³-hybridized carbons (Fsp3) is 0.353. The predicted molar refractivity (Wildman–Crippen MR) is 162 cm³/mol. The fourth-order valence-electron chi connectivity index (χ4n) is 6.80. The largest absolute Gasteiger partial charge is 0.507 e. The second kappa shape index (κ2) is 11.0. The monoisotopic (exact) mass is 557 g/mol. The number of anilines is 1. The molecule has 1 aliphatic heterocycles. The third kappa shape index (κ3) is 4.51. The van der Waals surface area contributed by atoms with E-state index in [0.717, 1.165) is 70.8 Å². The van der Waals surface area contributed by atoms with Crippen LogP contribution in [0.2, 0.25) is 0 Å². The highest BCUT2D eigenvalue weighted by atomic mass is 32.2. The first-order valence-electron chi connectivity index (χ1n) is 14.3. The zero-order valence-electron chi connectivity index (χ0n) is 23.4. The van der Waals surface area contributed by atoms with E-state index in [1.807, 2.05) is 24.3 Å². The first-order valence-corrected chi connectivity index (χ1v) is 15.1. The molecule has 0 radical (unpaired) electrons. The normalized spacial score (nSPS) is 15.8. The molecule has 1 saturated heterocycles. The van der Waals surface area contributed by atoms with Crippen LogP contribution in [0.4, 0.5) is 10.1 Å². The number of nitrogens with zero attached hydrogens (tertiary/aromatic N) is 1. The topological polar surface area (TPSA) is 41.9 Å². The van der Waals surface area contributed by atoms with Crippen LogP contribution in [0, 0.1) is 5.82 Å². The number of rotatable bonds is 8. The third-order valence-electron chi connectivity index (χ3n) is 8.46. The van der Waals surface area contributed by atoms with Gasteiger partial charge in [0.1, 0.15) is 17.3 Å². The van der Waals surface area contributed by atoms with Crippen molar-refractivity contribution in [2.75, 3.05) is 38.3 Å². The summed E-state index contributed by atoms with van der Waals surface area (Å²) >= 11 is 1.66. The molecule has 4 nitrogen and oxygen atoms in total. The van der Waals surface area contributed by atoms with Crippen molar-refractivity contribution in [1.29, 1.82) is 0 Å². The molecule has 0 bridgehead atoms. The zero-order valence-corrected chi connectivity index (χ0v) is 24.2. The first kappa shape index (κ1) is 27.0. The Kier molecular flexibility index (Phi) is 7.41. The fourth-order valence-corrected chi connectivity index (χ4v) is 7.66. The Morgan fingerprint density at radius 1 is 0.900 bits per heavy atom. The lowest BCUT2D eigenvalue weighted by Gasteiger charge is -2.33. The molecule has 0 saturated carbocycles. The second-order valence-corrected chi connectivity index (χ2v) is 12.0. The highest BCUT2D eigenvalue weighted by Crippen LogP contribution is 2.58. The minimum Gasteiger partial charge on any atom is -0.507 e. The van der Waals surface area contributed by atoms with Crippen LogP contribution >= 0.6 is 11.8 Å². The van der Waals surface area contributed by atoms with Crippen molar-refractivity contribution < 1.29 is 19.0 Å². The number of phenolic OH excluding ortho intramolecular Hbond substituents is 1. The Hall–Kier alpha value is -3.22. The van der Waals surface area contributed by atoms with Crippen LogP contribution in [0.5, 0.6) is 11.5 Å². The molecule has 0 amide bonds. The van der Waals surface area contributed by atoms with Gasteiger partial charge in [-0.15, -0.1) is 0 Å². The molecule has 1 N–H and O–H groups in total. The van der Waals surface area contributed by atoms with Crippen molar-refractivity contribution in [3.05, 3.63) is 77.6 Å². The summed E-state index contributed by atoms with van der Waals surface area (Å²) in [6.07, 6.45) is 4.08. The zero-order chi connectivity index (χ0) is 27.9. The standard InChI is InChI=1S/C34H36FNO3S/c1-4-12-34(13-5-2)28-18-24(40-23-8-6-22(35)7-9-23)10-11-25(28)33-27-19-30(36-14-16-39-17-15-36)32(38-3)20-26(27)31(37)21-29(33)34/h6-11,18-21,37H,4-5,12-17H2,1-3H3. The Balaban J connectivity index is 1.58. The van der Waals surface area contributed by atoms with E-state index in [1.165, 1.54) is 34.4 Å². The van der Waals surface area contributed by atoms with Crippen molar-refractivity contribution in [1.82, 2.24) is 0 Å². The van der Waals surface area contributed by atoms with E-state index in [9.17, 15) is 9.50 Å². The summed E-state index contributed by atoms with van der Waals surface area (Å²) in [5, 5.41) is 13.3. The molecule has 0 spiro atoms. The average Bonchev–Trinajstić information content (AvgIpc) is 3.23. The van der Waals surface area contributed by atoms with Gasteiger partial charge in [0.2, 0.25) is 0 Å². The second-order valence-electron chi connectivity index (χ2n) is 10.8. The van der Waals surface area contributed by atoms with Crippen molar-refractivity contribution in [3.63, 3.8) is 0 Å². The van der Waals surface area contributed by atoms with Gasteiger partial charge in [-0.05, 0) is 95.1 Å². The predicted octanol–water partition coefficient (Wildman–Crippen LogP) is 8.55. The summed E-state index contributed by atoms with van der Waals surface area (Å²) in [7, 11) is 1.69. The molecule has 4 aromatic carbocycles. The van der Waals surface area contributed by atoms with Gasteiger partial charge in [-0.3, -0.25) is 0 Å². The summed E-state index contributed by atoms with van der Waals surface area (Å²) in [5.74, 6) is 0.839. The van der Waals surface area contributed by atoms with Gasteiger partial charge in [0.05, 0.1) is 26.0 Å². The minimum absolute atomic E-state index is 0.182. The van der Waals surface area contributed by atoms with Gasteiger partial charge in [-0.2, -0.15) is 0 Å². The SMILES string of the molecule is CCCC1(CCC)c2cc(Sc3ccc(F)cc3)ccc2-c2c1cc(O)c1cc(OC)c(N3CCOCC3)cc21. The van der Waals surface area contributed by atoms with Crippen LogP contribution in [0.25, 0.3) is 21.9 Å². The van der Waals surface area contributed by atoms with Gasteiger partial charge < -0.3 is 19.5 Å². The summed E-state index contributed by atoms with van der Waals surface area (Å²) in [6, 6.07) is 19.7. The lowest BCUT2D eigenvalue weighted by Crippen LogP contribution is -2.36. The average molecular weight is 558 g/mol. The van der Waals surface area contributed by atoms with E-state index >= 15 is 0 Å². The highest BCUT2D eigenvalue weighted by Gasteiger charge is 2.43. The van der Waals surface area contributed by atoms with Gasteiger partial charge in [-0.25, -0.2) is 4.39 Å². The molecular weight excluding hydrogens is 521 g/mol. The molecule has 2 aliphatic rings. The van der Waals surface area contributed by atoms with E-state index in [1.54, 1.807) is 18.9 Å². The van der Waals surface area contributed by atoms with Crippen molar-refractivity contribution in [2.45, 2.75) is 54.7 Å². The van der Waals surface area contributed by atoms with Gasteiger partial charge in [0.25, 0.3) is 0 Å². The van der Waals surface area contributed by atoms with Gasteiger partial charge in [0.15, 0.2) is 0 Å². The number of hydrogen-bond acceptors (Lipinski definition) is 5. The molecule has 1 aliphatic carbocycles. The lowest BCUT2D eigenvalue weighted by molar-refractivity contribution is 0.122. The minimum atomic E-state index is -0.224. The number of phenols is 1. The van der Waals surface area contributed by atoms with Crippen LogP contribution < -0.4 is 9.64 Å². The summed E-state index contributed by atoms with van der Waals surface area (Å²) in [6.45, 7) is 7.47. The number of benzene rings is 4. The molecule has 1 fully saturated rings. The van der Waals surface area contributed by atoms with Gasteiger partial charge in [0, 0.05) is 33.7 Å². The van der Waals surface area contributed by atoms with E-state index in [0.29, 0.717) is 19.0 Å². The molecule has 6 heteroatoms. The maximum Gasteiger partial charge on any atom is 0.142 e. The first-order chi connectivity index (χ1) is 19.5.